The van der Waals surface area contributed by atoms with E-state index in [1.54, 1.807) is 26.1 Å². The van der Waals surface area contributed by atoms with E-state index in [-0.39, 0.29) is 0 Å². The first-order valence-corrected chi connectivity index (χ1v) is 8.97. The van der Waals surface area contributed by atoms with Crippen molar-refractivity contribution in [3.63, 3.8) is 0 Å². The molecule has 0 spiro atoms. The van der Waals surface area contributed by atoms with Crippen LogP contribution in [0.1, 0.15) is 13.8 Å². The number of anilines is 1. The lowest BCUT2D eigenvalue weighted by molar-refractivity contribution is 0.230. The maximum absolute atomic E-state index is 12.6. The monoisotopic (exact) mass is 318 g/mol. The van der Waals surface area contributed by atoms with Crippen molar-refractivity contribution >= 4 is 40.0 Å². The molecule has 0 fully saturated rings. The molecule has 104 valence electrons. The highest BCUT2D eigenvalue weighted by atomic mass is 32.1. The molecule has 5 nitrogen and oxygen atoms in total. The molecule has 0 saturated heterocycles. The van der Waals surface area contributed by atoms with Crippen LogP contribution in [0, 0.1) is 0 Å². The van der Waals surface area contributed by atoms with E-state index >= 15 is 0 Å². The van der Waals surface area contributed by atoms with Gasteiger partial charge in [-0.3, -0.25) is 4.57 Å². The number of nitrogen functional groups attached to an aromatic ring is 1. The molecule has 0 saturated carbocycles. The van der Waals surface area contributed by atoms with Crippen LogP contribution in [0.25, 0.3) is 9.75 Å². The quantitative estimate of drug-likeness (QED) is 0.827. The smallest absolute Gasteiger partial charge is 0.371 e. The van der Waals surface area contributed by atoms with Gasteiger partial charge in [0, 0.05) is 11.1 Å². The number of aromatic nitrogens is 1. The zero-order chi connectivity index (χ0) is 13.9. The molecule has 0 unspecified atom stereocenters. The van der Waals surface area contributed by atoms with Gasteiger partial charge in [-0.25, -0.2) is 4.98 Å². The molecule has 0 aromatic carbocycles. The number of rotatable bonds is 6. The van der Waals surface area contributed by atoms with E-state index in [1.807, 2.05) is 6.07 Å². The molecule has 8 heteroatoms. The van der Waals surface area contributed by atoms with Crippen molar-refractivity contribution in [1.82, 2.24) is 4.98 Å². The molecule has 2 aromatic heterocycles. The first-order valence-electron chi connectivity index (χ1n) is 5.80. The summed E-state index contributed by atoms with van der Waals surface area (Å²) in [5.41, 5.74) is 5.61. The van der Waals surface area contributed by atoms with E-state index < -0.39 is 7.60 Å². The van der Waals surface area contributed by atoms with Crippen molar-refractivity contribution < 1.29 is 13.6 Å². The third-order valence-corrected chi connectivity index (χ3v) is 6.97. The van der Waals surface area contributed by atoms with Crippen LogP contribution in [-0.2, 0) is 13.6 Å². The Balaban J connectivity index is 2.31. The standard InChI is InChI=1S/C11H15N2O3PS2/c1-3-15-17(14,16-4-2)10-6-5-8(18-10)9-7-13-11(12)19-9/h5-7H,3-4H2,1-2H3,(H2,12,13). The molecular formula is C11H15N2O3PS2. The second-order valence-electron chi connectivity index (χ2n) is 3.53. The SMILES string of the molecule is CCOP(=O)(OCC)c1ccc(-c2cnc(N)s2)s1. The number of hydrogen-bond acceptors (Lipinski definition) is 7. The fraction of sp³-hybridized carbons (Fsp3) is 0.364. The summed E-state index contributed by atoms with van der Waals surface area (Å²) in [6.45, 7) is 4.28. The Hall–Kier alpha value is -0.720. The molecule has 2 heterocycles. The lowest BCUT2D eigenvalue weighted by atomic mass is 10.4. The van der Waals surface area contributed by atoms with Crippen molar-refractivity contribution in [1.29, 1.82) is 0 Å². The minimum Gasteiger partial charge on any atom is -0.375 e. The van der Waals surface area contributed by atoms with Crippen LogP contribution in [0.15, 0.2) is 18.3 Å². The van der Waals surface area contributed by atoms with E-state index in [0.29, 0.717) is 23.0 Å². The fourth-order valence-electron chi connectivity index (χ4n) is 1.51. The Bertz CT molecular complexity index is 586. The maximum atomic E-state index is 12.6. The average Bonchev–Trinajstić information content (AvgIpc) is 2.98. The summed E-state index contributed by atoms with van der Waals surface area (Å²) in [7, 11) is -3.19. The van der Waals surface area contributed by atoms with Crippen LogP contribution in [-0.4, -0.2) is 18.2 Å². The van der Waals surface area contributed by atoms with Gasteiger partial charge in [0.05, 0.1) is 18.1 Å². The van der Waals surface area contributed by atoms with Crippen molar-refractivity contribution in [2.24, 2.45) is 0 Å². The molecule has 19 heavy (non-hydrogen) atoms. The van der Waals surface area contributed by atoms with Crippen molar-refractivity contribution in [2.45, 2.75) is 13.8 Å². The molecule has 0 bridgehead atoms. The molecule has 2 N–H and O–H groups in total. The van der Waals surface area contributed by atoms with Crippen LogP contribution in [0.3, 0.4) is 0 Å². The van der Waals surface area contributed by atoms with Gasteiger partial charge in [0.15, 0.2) is 5.13 Å². The summed E-state index contributed by atoms with van der Waals surface area (Å²) in [5, 5.41) is 0.516. The molecule has 2 rings (SSSR count). The van der Waals surface area contributed by atoms with Crippen molar-refractivity contribution in [3.8, 4) is 9.75 Å². The topological polar surface area (TPSA) is 74.4 Å². The highest BCUT2D eigenvalue weighted by Gasteiger charge is 2.29. The van der Waals surface area contributed by atoms with Gasteiger partial charge in [-0.1, -0.05) is 11.3 Å². The van der Waals surface area contributed by atoms with Gasteiger partial charge in [-0.05, 0) is 26.0 Å². The molecule has 0 amide bonds. The number of nitrogens with zero attached hydrogens (tertiary/aromatic N) is 1. The normalized spacial score (nSPS) is 11.9. The van der Waals surface area contributed by atoms with Gasteiger partial charge < -0.3 is 14.8 Å². The average molecular weight is 318 g/mol. The lowest BCUT2D eigenvalue weighted by Crippen LogP contribution is -2.06. The molecule has 0 radical (unpaired) electrons. The molecule has 0 aliphatic heterocycles. The Kier molecular flexibility index (Phi) is 4.76. The third-order valence-electron chi connectivity index (χ3n) is 2.23. The summed E-state index contributed by atoms with van der Waals surface area (Å²) in [4.78, 5) is 5.92. The Morgan fingerprint density at radius 3 is 2.42 bits per heavy atom. The number of nitrogens with two attached hydrogens (primary N) is 1. The minimum atomic E-state index is -3.19. The van der Waals surface area contributed by atoms with Crippen molar-refractivity contribution in [2.75, 3.05) is 18.9 Å². The highest BCUT2D eigenvalue weighted by Crippen LogP contribution is 2.49. The second kappa shape index (κ2) is 6.15. The van der Waals surface area contributed by atoms with E-state index in [9.17, 15) is 4.57 Å². The summed E-state index contributed by atoms with van der Waals surface area (Å²) < 4.78 is 23.8. The largest absolute Gasteiger partial charge is 0.375 e. The van der Waals surface area contributed by atoms with Gasteiger partial charge >= 0.3 is 7.60 Å². The van der Waals surface area contributed by atoms with Gasteiger partial charge in [0.25, 0.3) is 0 Å². The molecule has 0 aliphatic rings. The van der Waals surface area contributed by atoms with Gasteiger partial charge in [0.2, 0.25) is 0 Å². The number of thiazole rings is 1. The second-order valence-corrected chi connectivity index (χ2v) is 7.98. The summed E-state index contributed by atoms with van der Waals surface area (Å²) in [6, 6.07) is 3.67. The fourth-order valence-corrected chi connectivity index (χ4v) is 5.34. The molecular weight excluding hydrogens is 303 g/mol. The lowest BCUT2D eigenvalue weighted by Gasteiger charge is -2.14. The Labute approximate surface area is 119 Å². The van der Waals surface area contributed by atoms with Crippen LogP contribution in [0.2, 0.25) is 0 Å². The van der Waals surface area contributed by atoms with E-state index in [1.165, 1.54) is 22.7 Å². The first-order chi connectivity index (χ1) is 9.09. The maximum Gasteiger partial charge on any atom is 0.371 e. The van der Waals surface area contributed by atoms with E-state index in [0.717, 1.165) is 9.75 Å². The zero-order valence-electron chi connectivity index (χ0n) is 10.7. The number of thiophene rings is 1. The third kappa shape index (κ3) is 3.24. The first kappa shape index (κ1) is 14.7. The van der Waals surface area contributed by atoms with E-state index in [4.69, 9.17) is 14.8 Å². The minimum absolute atomic E-state index is 0.345. The summed E-state index contributed by atoms with van der Waals surface area (Å²) in [6.07, 6.45) is 1.71. The summed E-state index contributed by atoms with van der Waals surface area (Å²) >= 11 is 2.79. The number of hydrogen-bond donors (Lipinski definition) is 1. The van der Waals surface area contributed by atoms with E-state index in [2.05, 4.69) is 4.98 Å². The predicted molar refractivity (Wildman–Crippen MR) is 80.3 cm³/mol. The molecule has 0 aliphatic carbocycles. The van der Waals surface area contributed by atoms with Gasteiger partial charge in [-0.2, -0.15) is 0 Å². The molecule has 0 atom stereocenters. The van der Waals surface area contributed by atoms with Crippen molar-refractivity contribution in [3.05, 3.63) is 18.3 Å². The van der Waals surface area contributed by atoms with Crippen LogP contribution in [0.4, 0.5) is 5.13 Å². The Morgan fingerprint density at radius 1 is 1.21 bits per heavy atom. The zero-order valence-corrected chi connectivity index (χ0v) is 13.2. The highest BCUT2D eigenvalue weighted by molar-refractivity contribution is 7.69. The Morgan fingerprint density at radius 2 is 1.89 bits per heavy atom. The van der Waals surface area contributed by atoms with Crippen LogP contribution < -0.4 is 10.4 Å². The summed E-state index contributed by atoms with van der Waals surface area (Å²) in [5.74, 6) is 0. The van der Waals surface area contributed by atoms with Gasteiger partial charge in [0.1, 0.15) is 4.62 Å². The van der Waals surface area contributed by atoms with Crippen LogP contribution in [0.5, 0.6) is 0 Å². The van der Waals surface area contributed by atoms with Crippen LogP contribution >= 0.6 is 30.3 Å². The van der Waals surface area contributed by atoms with Gasteiger partial charge in [-0.15, -0.1) is 11.3 Å². The molecule has 2 aromatic rings. The predicted octanol–water partition coefficient (Wildman–Crippen LogP) is 3.35.